The number of aliphatic hydroxyl groups is 1. The summed E-state index contributed by atoms with van der Waals surface area (Å²) in [5.41, 5.74) is 0.215. The van der Waals surface area contributed by atoms with E-state index in [1.807, 2.05) is 11.7 Å². The Labute approximate surface area is 111 Å². The number of rotatable bonds is 2. The molecule has 0 amide bonds. The molecule has 1 aliphatic rings. The Kier molecular flexibility index (Phi) is 3.64. The zero-order chi connectivity index (χ0) is 12.6. The summed E-state index contributed by atoms with van der Waals surface area (Å²) in [4.78, 5) is 0. The van der Waals surface area contributed by atoms with Crippen LogP contribution < -0.4 is 0 Å². The molecule has 2 atom stereocenters. The quantitative estimate of drug-likeness (QED) is 0.911. The minimum Gasteiger partial charge on any atom is -0.383 e. The van der Waals surface area contributed by atoms with Gasteiger partial charge in [-0.3, -0.25) is 4.68 Å². The highest BCUT2D eigenvalue weighted by molar-refractivity contribution is 9.10. The second-order valence-electron chi connectivity index (χ2n) is 5.49. The average Bonchev–Trinajstić information content (AvgIpc) is 2.59. The molecule has 1 aromatic rings. The van der Waals surface area contributed by atoms with E-state index in [-0.39, 0.29) is 0 Å². The third-order valence-corrected chi connectivity index (χ3v) is 4.63. The molecular formula is C13H21BrN2O. The molecule has 17 heavy (non-hydrogen) atoms. The molecule has 4 heteroatoms. The molecule has 0 saturated heterocycles. The van der Waals surface area contributed by atoms with Gasteiger partial charge in [-0.1, -0.05) is 26.7 Å². The maximum atomic E-state index is 11.1. The van der Waals surface area contributed by atoms with E-state index >= 15 is 0 Å². The normalized spacial score (nSPS) is 29.9. The summed E-state index contributed by atoms with van der Waals surface area (Å²) >= 11 is 3.52. The first-order valence-corrected chi connectivity index (χ1v) is 7.16. The largest absolute Gasteiger partial charge is 0.383 e. The molecule has 1 N–H and O–H groups in total. The first-order chi connectivity index (χ1) is 7.97. The number of nitrogens with zero attached hydrogens (tertiary/aromatic N) is 2. The van der Waals surface area contributed by atoms with Gasteiger partial charge in [0.1, 0.15) is 5.60 Å². The van der Waals surface area contributed by atoms with Crippen LogP contribution in [0.1, 0.15) is 45.2 Å². The highest BCUT2D eigenvalue weighted by Crippen LogP contribution is 2.46. The molecule has 1 aliphatic carbocycles. The Balaban J connectivity index is 2.45. The van der Waals surface area contributed by atoms with Crippen LogP contribution in [0.3, 0.4) is 0 Å². The molecule has 0 spiro atoms. The minimum absolute atomic E-state index is 0.322. The topological polar surface area (TPSA) is 38.1 Å². The highest BCUT2D eigenvalue weighted by Gasteiger charge is 2.44. The lowest BCUT2D eigenvalue weighted by molar-refractivity contribution is -0.0785. The van der Waals surface area contributed by atoms with Crippen molar-refractivity contribution < 1.29 is 5.11 Å². The summed E-state index contributed by atoms with van der Waals surface area (Å²) in [5, 5.41) is 15.4. The zero-order valence-corrected chi connectivity index (χ0v) is 12.4. The molecule has 1 saturated carbocycles. The van der Waals surface area contributed by atoms with E-state index in [0.717, 1.165) is 29.4 Å². The van der Waals surface area contributed by atoms with Crippen molar-refractivity contribution in [2.75, 3.05) is 0 Å². The van der Waals surface area contributed by atoms with E-state index in [1.54, 1.807) is 6.20 Å². The Morgan fingerprint density at radius 1 is 1.53 bits per heavy atom. The standard InChI is InChI=1S/C13H21BrN2O/c1-9(2)10-6-4-5-7-13(10,17)12-11(14)8-15-16(12)3/h8-10,17H,4-7H2,1-3H3. The number of hydrogen-bond acceptors (Lipinski definition) is 2. The Hall–Kier alpha value is -0.350. The van der Waals surface area contributed by atoms with Crippen LogP contribution in [-0.4, -0.2) is 14.9 Å². The Morgan fingerprint density at radius 3 is 2.76 bits per heavy atom. The van der Waals surface area contributed by atoms with E-state index in [4.69, 9.17) is 0 Å². The molecule has 1 heterocycles. The van der Waals surface area contributed by atoms with E-state index in [2.05, 4.69) is 34.9 Å². The number of hydrogen-bond donors (Lipinski definition) is 1. The molecular weight excluding hydrogens is 280 g/mol. The molecule has 2 unspecified atom stereocenters. The van der Waals surface area contributed by atoms with Crippen molar-refractivity contribution in [3.63, 3.8) is 0 Å². The minimum atomic E-state index is -0.726. The third-order valence-electron chi connectivity index (χ3n) is 4.05. The van der Waals surface area contributed by atoms with E-state index < -0.39 is 5.60 Å². The predicted molar refractivity (Wildman–Crippen MR) is 71.6 cm³/mol. The van der Waals surface area contributed by atoms with Gasteiger partial charge in [-0.15, -0.1) is 0 Å². The SMILES string of the molecule is CC(C)C1CCCCC1(O)c1c(Br)cnn1C. The van der Waals surface area contributed by atoms with Gasteiger partial charge in [-0.05, 0) is 40.6 Å². The van der Waals surface area contributed by atoms with Crippen molar-refractivity contribution >= 4 is 15.9 Å². The molecule has 0 radical (unpaired) electrons. The van der Waals surface area contributed by atoms with Crippen LogP contribution in [-0.2, 0) is 12.6 Å². The van der Waals surface area contributed by atoms with Crippen molar-refractivity contribution in [1.82, 2.24) is 9.78 Å². The monoisotopic (exact) mass is 300 g/mol. The molecule has 2 rings (SSSR count). The summed E-state index contributed by atoms with van der Waals surface area (Å²) < 4.78 is 2.74. The number of aryl methyl sites for hydroxylation is 1. The average molecular weight is 301 g/mol. The number of halogens is 1. The molecule has 0 aliphatic heterocycles. The van der Waals surface area contributed by atoms with Crippen molar-refractivity contribution in [2.24, 2.45) is 18.9 Å². The second kappa shape index (κ2) is 4.73. The zero-order valence-electron chi connectivity index (χ0n) is 10.8. The van der Waals surface area contributed by atoms with Gasteiger partial charge in [-0.25, -0.2) is 0 Å². The van der Waals surface area contributed by atoms with Crippen LogP contribution in [0, 0.1) is 11.8 Å². The maximum absolute atomic E-state index is 11.1. The van der Waals surface area contributed by atoms with E-state index in [9.17, 15) is 5.11 Å². The van der Waals surface area contributed by atoms with Crippen molar-refractivity contribution in [2.45, 2.75) is 45.1 Å². The summed E-state index contributed by atoms with van der Waals surface area (Å²) in [6.07, 6.45) is 6.04. The number of aromatic nitrogens is 2. The Bertz CT molecular complexity index is 383. The van der Waals surface area contributed by atoms with Crippen LogP contribution in [0.5, 0.6) is 0 Å². The fourth-order valence-electron chi connectivity index (χ4n) is 3.26. The van der Waals surface area contributed by atoms with Gasteiger partial charge in [0.05, 0.1) is 16.4 Å². The van der Waals surface area contributed by atoms with Crippen LogP contribution in [0.25, 0.3) is 0 Å². The van der Waals surface area contributed by atoms with Crippen molar-refractivity contribution in [3.05, 3.63) is 16.4 Å². The van der Waals surface area contributed by atoms with Gasteiger partial charge in [0.15, 0.2) is 0 Å². The first-order valence-electron chi connectivity index (χ1n) is 6.37. The van der Waals surface area contributed by atoms with E-state index in [0.29, 0.717) is 11.8 Å². The highest BCUT2D eigenvalue weighted by atomic mass is 79.9. The molecule has 1 fully saturated rings. The van der Waals surface area contributed by atoms with Crippen molar-refractivity contribution in [3.8, 4) is 0 Å². The third kappa shape index (κ3) is 2.17. The molecule has 3 nitrogen and oxygen atoms in total. The van der Waals surface area contributed by atoms with Crippen LogP contribution in [0.4, 0.5) is 0 Å². The maximum Gasteiger partial charge on any atom is 0.110 e. The lowest BCUT2D eigenvalue weighted by Crippen LogP contribution is -2.42. The first kappa shape index (κ1) is 13.1. The smallest absolute Gasteiger partial charge is 0.110 e. The molecule has 1 aromatic heterocycles. The lowest BCUT2D eigenvalue weighted by Gasteiger charge is -2.42. The summed E-state index contributed by atoms with van der Waals surface area (Å²) in [5.74, 6) is 0.810. The van der Waals surface area contributed by atoms with E-state index in [1.165, 1.54) is 6.42 Å². The van der Waals surface area contributed by atoms with Crippen LogP contribution in [0.15, 0.2) is 10.7 Å². The summed E-state index contributed by atoms with van der Waals surface area (Å²) in [6.45, 7) is 4.40. The predicted octanol–water partition coefficient (Wildman–Crippen LogP) is 3.22. The van der Waals surface area contributed by atoms with Crippen molar-refractivity contribution in [1.29, 1.82) is 0 Å². The van der Waals surface area contributed by atoms with Gasteiger partial charge in [-0.2, -0.15) is 5.10 Å². The summed E-state index contributed by atoms with van der Waals surface area (Å²) in [7, 11) is 1.91. The van der Waals surface area contributed by atoms with Crippen LogP contribution in [0.2, 0.25) is 0 Å². The van der Waals surface area contributed by atoms with Gasteiger partial charge in [0.2, 0.25) is 0 Å². The molecule has 0 bridgehead atoms. The van der Waals surface area contributed by atoms with Gasteiger partial charge in [0.25, 0.3) is 0 Å². The Morgan fingerprint density at radius 2 is 2.24 bits per heavy atom. The van der Waals surface area contributed by atoms with Crippen LogP contribution >= 0.6 is 15.9 Å². The lowest BCUT2D eigenvalue weighted by atomic mass is 9.68. The fraction of sp³-hybridized carbons (Fsp3) is 0.769. The van der Waals surface area contributed by atoms with Gasteiger partial charge >= 0.3 is 0 Å². The summed E-state index contributed by atoms with van der Waals surface area (Å²) in [6, 6.07) is 0. The second-order valence-corrected chi connectivity index (χ2v) is 6.34. The molecule has 96 valence electrons. The van der Waals surface area contributed by atoms with Gasteiger partial charge < -0.3 is 5.11 Å². The van der Waals surface area contributed by atoms with Gasteiger partial charge in [0, 0.05) is 7.05 Å². The fourth-order valence-corrected chi connectivity index (χ4v) is 3.95. The molecule has 0 aromatic carbocycles.